The van der Waals surface area contributed by atoms with Gasteiger partial charge in [-0.2, -0.15) is 5.10 Å². The standard InChI is InChI=1S/C21H23F2N3O3S.ClH/c1-14(28-2)20(27)26-21(11-12-24-29-3,15-7-5-4-6-8-15)30-19(25-26)17-13-16(22)9-10-18(17)23;/h4-10,13-14,24H,11-12H2,1-3H3;1H/t14-,21?;/m0./s1. The van der Waals surface area contributed by atoms with Crippen molar-refractivity contribution in [2.24, 2.45) is 5.10 Å². The van der Waals surface area contributed by atoms with E-state index >= 15 is 0 Å². The van der Waals surface area contributed by atoms with Gasteiger partial charge in [0.1, 0.15) is 27.7 Å². The number of hydrogen-bond acceptors (Lipinski definition) is 6. The lowest BCUT2D eigenvalue weighted by Gasteiger charge is -2.36. The molecule has 1 aliphatic rings. The fourth-order valence-corrected chi connectivity index (χ4v) is 4.55. The van der Waals surface area contributed by atoms with Crippen LogP contribution in [0.1, 0.15) is 24.5 Å². The zero-order valence-electron chi connectivity index (χ0n) is 17.3. The highest BCUT2D eigenvalue weighted by Gasteiger charge is 2.49. The topological polar surface area (TPSA) is 63.2 Å². The van der Waals surface area contributed by atoms with Gasteiger partial charge in [-0.3, -0.25) is 4.79 Å². The highest BCUT2D eigenvalue weighted by atomic mass is 35.5. The van der Waals surface area contributed by atoms with Crippen molar-refractivity contribution in [3.63, 3.8) is 0 Å². The van der Waals surface area contributed by atoms with Crippen LogP contribution in [-0.2, 0) is 19.2 Å². The van der Waals surface area contributed by atoms with Gasteiger partial charge in [-0.25, -0.2) is 19.3 Å². The van der Waals surface area contributed by atoms with Gasteiger partial charge < -0.3 is 9.57 Å². The van der Waals surface area contributed by atoms with Crippen molar-refractivity contribution < 1.29 is 23.1 Å². The molecule has 1 aliphatic heterocycles. The maximum Gasteiger partial charge on any atom is 0.273 e. The first kappa shape index (κ1) is 25.2. The number of nitrogens with zero attached hydrogens (tertiary/aromatic N) is 2. The van der Waals surface area contributed by atoms with Gasteiger partial charge >= 0.3 is 0 Å². The van der Waals surface area contributed by atoms with E-state index < -0.39 is 28.5 Å². The molecule has 0 saturated heterocycles. The first-order valence-corrected chi connectivity index (χ1v) is 10.2. The van der Waals surface area contributed by atoms with Gasteiger partial charge in [0.25, 0.3) is 5.91 Å². The van der Waals surface area contributed by atoms with Crippen LogP contribution in [0.15, 0.2) is 53.6 Å². The third-order valence-electron chi connectivity index (χ3n) is 4.80. The van der Waals surface area contributed by atoms with E-state index in [0.29, 0.717) is 13.0 Å². The molecule has 0 saturated carbocycles. The largest absolute Gasteiger partial charge is 0.372 e. The van der Waals surface area contributed by atoms with Crippen LogP contribution in [0.2, 0.25) is 0 Å². The Balaban J connectivity index is 0.00000341. The van der Waals surface area contributed by atoms with E-state index in [4.69, 9.17) is 9.57 Å². The summed E-state index contributed by atoms with van der Waals surface area (Å²) >= 11 is 1.20. The van der Waals surface area contributed by atoms with Crippen LogP contribution in [0.3, 0.4) is 0 Å². The minimum absolute atomic E-state index is 0. The number of thioether (sulfide) groups is 1. The number of methoxy groups -OCH3 is 1. The second kappa shape index (κ2) is 11.0. The summed E-state index contributed by atoms with van der Waals surface area (Å²) in [5, 5.41) is 5.98. The summed E-state index contributed by atoms with van der Waals surface area (Å²) in [5.41, 5.74) is 3.57. The molecule has 1 heterocycles. The molecule has 1 N–H and O–H groups in total. The van der Waals surface area contributed by atoms with Crippen molar-refractivity contribution in [2.75, 3.05) is 20.8 Å². The summed E-state index contributed by atoms with van der Waals surface area (Å²) < 4.78 is 33.6. The average Bonchev–Trinajstić information content (AvgIpc) is 3.15. The number of hydrogen-bond donors (Lipinski definition) is 1. The number of rotatable bonds is 8. The Morgan fingerprint density at radius 1 is 1.23 bits per heavy atom. The van der Waals surface area contributed by atoms with E-state index in [0.717, 1.165) is 23.8 Å². The first-order valence-electron chi connectivity index (χ1n) is 9.34. The molecule has 10 heteroatoms. The lowest BCUT2D eigenvalue weighted by molar-refractivity contribution is -0.144. The van der Waals surface area contributed by atoms with E-state index in [2.05, 4.69) is 10.6 Å². The molecule has 0 fully saturated rings. The summed E-state index contributed by atoms with van der Waals surface area (Å²) in [6.07, 6.45) is -0.383. The molecule has 168 valence electrons. The number of ether oxygens (including phenoxy) is 1. The number of nitrogens with one attached hydrogen (secondary N) is 1. The highest BCUT2D eigenvalue weighted by Crippen LogP contribution is 2.50. The van der Waals surface area contributed by atoms with Crippen molar-refractivity contribution in [1.29, 1.82) is 0 Å². The summed E-state index contributed by atoms with van der Waals surface area (Å²) in [6, 6.07) is 12.5. The van der Waals surface area contributed by atoms with Gasteiger partial charge in [0.15, 0.2) is 0 Å². The number of hydroxylamine groups is 1. The molecule has 1 unspecified atom stereocenters. The third kappa shape index (κ3) is 5.24. The SMILES string of the molecule is CONCCC1(c2ccccc2)SC(c2cc(F)ccc2F)=NN1C(=O)[C@H](C)OC.Cl. The molecule has 2 aromatic carbocycles. The Labute approximate surface area is 190 Å². The summed E-state index contributed by atoms with van der Waals surface area (Å²) in [5.74, 6) is -1.59. The monoisotopic (exact) mass is 471 g/mol. The van der Waals surface area contributed by atoms with Crippen molar-refractivity contribution in [2.45, 2.75) is 24.3 Å². The maximum atomic E-state index is 14.5. The molecular formula is C21H24ClF2N3O3S. The van der Waals surface area contributed by atoms with Crippen LogP contribution in [-0.4, -0.2) is 42.8 Å². The second-order valence-electron chi connectivity index (χ2n) is 6.66. The van der Waals surface area contributed by atoms with E-state index in [9.17, 15) is 13.6 Å². The van der Waals surface area contributed by atoms with Gasteiger partial charge in [0, 0.05) is 25.6 Å². The number of benzene rings is 2. The molecular weight excluding hydrogens is 448 g/mol. The second-order valence-corrected chi connectivity index (χ2v) is 7.92. The molecule has 0 aromatic heterocycles. The third-order valence-corrected chi connectivity index (χ3v) is 6.25. The van der Waals surface area contributed by atoms with Gasteiger partial charge in [-0.15, -0.1) is 12.4 Å². The molecule has 31 heavy (non-hydrogen) atoms. The van der Waals surface area contributed by atoms with E-state index in [1.807, 2.05) is 30.3 Å². The number of carbonyl (C=O) groups is 1. The van der Waals surface area contributed by atoms with Crippen molar-refractivity contribution in [3.8, 4) is 0 Å². The average molecular weight is 472 g/mol. The van der Waals surface area contributed by atoms with Gasteiger partial charge in [-0.05, 0) is 30.7 Å². The summed E-state index contributed by atoms with van der Waals surface area (Å²) in [7, 11) is 2.93. The number of halogens is 3. The molecule has 0 radical (unpaired) electrons. The van der Waals surface area contributed by atoms with Crippen LogP contribution < -0.4 is 5.48 Å². The van der Waals surface area contributed by atoms with Crippen LogP contribution in [0.25, 0.3) is 0 Å². The van der Waals surface area contributed by atoms with Gasteiger partial charge in [0.2, 0.25) is 0 Å². The van der Waals surface area contributed by atoms with Gasteiger partial charge in [0.05, 0.1) is 7.11 Å². The zero-order chi connectivity index (χ0) is 21.7. The minimum atomic E-state index is -0.995. The van der Waals surface area contributed by atoms with Crippen LogP contribution in [0.5, 0.6) is 0 Å². The molecule has 2 aromatic rings. The molecule has 6 nitrogen and oxygen atoms in total. The Kier molecular flexibility index (Phi) is 8.96. The fourth-order valence-electron chi connectivity index (χ4n) is 3.17. The smallest absolute Gasteiger partial charge is 0.273 e. The lowest BCUT2D eigenvalue weighted by atomic mass is 10.0. The Morgan fingerprint density at radius 3 is 2.58 bits per heavy atom. The molecule has 1 amide bonds. The molecule has 3 rings (SSSR count). The predicted molar refractivity (Wildman–Crippen MR) is 119 cm³/mol. The van der Waals surface area contributed by atoms with Crippen LogP contribution in [0.4, 0.5) is 8.78 Å². The number of carbonyl (C=O) groups excluding carboxylic acids is 1. The molecule has 2 atom stereocenters. The predicted octanol–water partition coefficient (Wildman–Crippen LogP) is 4.05. The molecule has 0 spiro atoms. The summed E-state index contributed by atoms with van der Waals surface area (Å²) in [6.45, 7) is 2.00. The lowest BCUT2D eigenvalue weighted by Crippen LogP contribution is -2.47. The molecule has 0 aliphatic carbocycles. The Bertz CT molecular complexity index is 935. The van der Waals surface area contributed by atoms with Gasteiger partial charge in [-0.1, -0.05) is 42.1 Å². The number of amides is 1. The van der Waals surface area contributed by atoms with Crippen LogP contribution in [0, 0.1) is 11.6 Å². The maximum absolute atomic E-state index is 14.5. The first-order chi connectivity index (χ1) is 14.4. The number of hydrazone groups is 1. The van der Waals surface area contributed by atoms with Crippen molar-refractivity contribution >= 4 is 35.1 Å². The summed E-state index contributed by atoms with van der Waals surface area (Å²) in [4.78, 5) is 17.2. The van der Waals surface area contributed by atoms with E-state index in [1.54, 1.807) is 6.92 Å². The van der Waals surface area contributed by atoms with Crippen LogP contribution >= 0.6 is 24.2 Å². The van der Waals surface area contributed by atoms with Crippen molar-refractivity contribution in [3.05, 3.63) is 71.3 Å². The van der Waals surface area contributed by atoms with E-state index in [1.165, 1.54) is 31.0 Å². The van der Waals surface area contributed by atoms with E-state index in [-0.39, 0.29) is 23.0 Å². The Hall–Kier alpha value is -2.04. The normalized spacial score (nSPS) is 19.0. The Morgan fingerprint density at radius 2 is 1.94 bits per heavy atom. The zero-order valence-corrected chi connectivity index (χ0v) is 18.9. The minimum Gasteiger partial charge on any atom is -0.372 e. The quantitative estimate of drug-likeness (QED) is 0.465. The van der Waals surface area contributed by atoms with Crippen molar-refractivity contribution in [1.82, 2.24) is 10.5 Å². The molecule has 0 bridgehead atoms. The fraction of sp³-hybridized carbons (Fsp3) is 0.333. The highest BCUT2D eigenvalue weighted by molar-refractivity contribution is 8.15.